The van der Waals surface area contributed by atoms with E-state index in [0.717, 1.165) is 6.42 Å². The molecule has 0 aromatic rings. The maximum atomic E-state index is 11.7. The summed E-state index contributed by atoms with van der Waals surface area (Å²) in [4.78, 5) is 11.7. The third kappa shape index (κ3) is 5.45. The normalized spacial score (nSPS) is 23.9. The van der Waals surface area contributed by atoms with Crippen molar-refractivity contribution in [2.75, 3.05) is 46.7 Å². The molecule has 6 heteroatoms. The average molecular weight is 246 g/mol. The number of hydrogen-bond donors (Lipinski definition) is 2. The van der Waals surface area contributed by atoms with E-state index in [-0.39, 0.29) is 17.9 Å². The van der Waals surface area contributed by atoms with Crippen LogP contribution in [0.1, 0.15) is 6.42 Å². The lowest BCUT2D eigenvalue weighted by atomic mass is 10.0. The third-order valence-electron chi connectivity index (χ3n) is 2.66. The number of nitrogens with one attached hydrogen (secondary N) is 1. The van der Waals surface area contributed by atoms with Crippen molar-refractivity contribution in [3.63, 3.8) is 0 Å². The average Bonchev–Trinajstić information content (AvgIpc) is 2.74. The zero-order valence-electron chi connectivity index (χ0n) is 10.3. The van der Waals surface area contributed by atoms with Crippen molar-refractivity contribution >= 4 is 5.91 Å². The van der Waals surface area contributed by atoms with E-state index in [2.05, 4.69) is 5.32 Å². The molecule has 1 heterocycles. The first-order valence-corrected chi connectivity index (χ1v) is 5.93. The highest BCUT2D eigenvalue weighted by atomic mass is 16.5. The van der Waals surface area contributed by atoms with E-state index in [4.69, 9.17) is 19.9 Å². The molecule has 2 unspecified atom stereocenters. The molecule has 0 radical (unpaired) electrons. The number of carbonyl (C=O) groups excluding carboxylic acids is 1. The van der Waals surface area contributed by atoms with Crippen molar-refractivity contribution < 1.29 is 19.0 Å². The van der Waals surface area contributed by atoms with Crippen LogP contribution in [0.2, 0.25) is 0 Å². The summed E-state index contributed by atoms with van der Waals surface area (Å²) in [5.74, 6) is -0.226. The number of amides is 1. The van der Waals surface area contributed by atoms with Gasteiger partial charge in [-0.05, 0) is 6.42 Å². The molecular formula is C11H22N2O4. The summed E-state index contributed by atoms with van der Waals surface area (Å²) in [5, 5.41) is 2.84. The molecule has 3 N–H and O–H groups in total. The molecule has 2 atom stereocenters. The molecule has 1 aliphatic rings. The van der Waals surface area contributed by atoms with Crippen LogP contribution < -0.4 is 11.1 Å². The van der Waals surface area contributed by atoms with Crippen molar-refractivity contribution in [2.24, 2.45) is 11.7 Å². The van der Waals surface area contributed by atoms with Gasteiger partial charge in [-0.15, -0.1) is 0 Å². The van der Waals surface area contributed by atoms with Gasteiger partial charge >= 0.3 is 0 Å². The Balaban J connectivity index is 1.97. The van der Waals surface area contributed by atoms with Gasteiger partial charge in [0.15, 0.2) is 0 Å². The molecule has 1 fully saturated rings. The number of carbonyl (C=O) groups is 1. The van der Waals surface area contributed by atoms with Gasteiger partial charge in [0.2, 0.25) is 5.91 Å². The summed E-state index contributed by atoms with van der Waals surface area (Å²) in [6.07, 6.45) is 0.790. The lowest BCUT2D eigenvalue weighted by Crippen LogP contribution is -2.41. The minimum absolute atomic E-state index is 0.0214. The van der Waals surface area contributed by atoms with Crippen LogP contribution in [0.15, 0.2) is 0 Å². The lowest BCUT2D eigenvalue weighted by Gasteiger charge is -2.13. The topological polar surface area (TPSA) is 82.8 Å². The van der Waals surface area contributed by atoms with E-state index in [0.29, 0.717) is 39.6 Å². The van der Waals surface area contributed by atoms with Crippen LogP contribution in [0.4, 0.5) is 0 Å². The van der Waals surface area contributed by atoms with Gasteiger partial charge in [-0.25, -0.2) is 0 Å². The summed E-state index contributed by atoms with van der Waals surface area (Å²) in [6, 6.07) is -0.173. The fourth-order valence-electron chi connectivity index (χ4n) is 1.60. The Morgan fingerprint density at radius 1 is 1.41 bits per heavy atom. The smallest absolute Gasteiger partial charge is 0.227 e. The summed E-state index contributed by atoms with van der Waals surface area (Å²) in [5.41, 5.74) is 5.74. The molecule has 0 aromatic heterocycles. The Kier molecular flexibility index (Phi) is 7.11. The minimum atomic E-state index is -0.204. The van der Waals surface area contributed by atoms with Crippen LogP contribution in [0, 0.1) is 5.92 Å². The van der Waals surface area contributed by atoms with E-state index >= 15 is 0 Å². The van der Waals surface area contributed by atoms with Crippen molar-refractivity contribution in [3.05, 3.63) is 0 Å². The molecule has 1 saturated heterocycles. The second-order valence-corrected chi connectivity index (χ2v) is 4.06. The van der Waals surface area contributed by atoms with Gasteiger partial charge in [0, 0.05) is 26.3 Å². The molecule has 0 spiro atoms. The monoisotopic (exact) mass is 246 g/mol. The molecule has 17 heavy (non-hydrogen) atoms. The second kappa shape index (κ2) is 8.41. The minimum Gasteiger partial charge on any atom is -0.382 e. The Morgan fingerprint density at radius 3 is 2.88 bits per heavy atom. The van der Waals surface area contributed by atoms with Crippen LogP contribution in [-0.2, 0) is 19.0 Å². The van der Waals surface area contributed by atoms with Crippen LogP contribution in [0.25, 0.3) is 0 Å². The molecule has 100 valence electrons. The van der Waals surface area contributed by atoms with E-state index < -0.39 is 0 Å². The molecule has 0 bridgehead atoms. The van der Waals surface area contributed by atoms with Gasteiger partial charge in [-0.1, -0.05) is 0 Å². The molecule has 6 nitrogen and oxygen atoms in total. The van der Waals surface area contributed by atoms with Crippen LogP contribution in [-0.4, -0.2) is 58.6 Å². The molecule has 1 aliphatic heterocycles. The Morgan fingerprint density at radius 2 is 2.24 bits per heavy atom. The van der Waals surface area contributed by atoms with Gasteiger partial charge < -0.3 is 25.3 Å². The SMILES string of the molecule is COCCOCCCNC(=O)C1COCC1N. The van der Waals surface area contributed by atoms with Crippen molar-refractivity contribution in [3.8, 4) is 0 Å². The van der Waals surface area contributed by atoms with E-state index in [1.165, 1.54) is 0 Å². The number of nitrogens with two attached hydrogens (primary N) is 1. The van der Waals surface area contributed by atoms with E-state index in [1.54, 1.807) is 7.11 Å². The molecule has 0 aromatic carbocycles. The fraction of sp³-hybridized carbons (Fsp3) is 0.909. The van der Waals surface area contributed by atoms with Gasteiger partial charge in [-0.3, -0.25) is 4.79 Å². The van der Waals surface area contributed by atoms with Gasteiger partial charge in [0.25, 0.3) is 0 Å². The number of ether oxygens (including phenoxy) is 3. The summed E-state index contributed by atoms with van der Waals surface area (Å²) in [6.45, 7) is 3.31. The Bertz CT molecular complexity index is 226. The number of rotatable bonds is 8. The summed E-state index contributed by atoms with van der Waals surface area (Å²) >= 11 is 0. The van der Waals surface area contributed by atoms with Gasteiger partial charge in [-0.2, -0.15) is 0 Å². The van der Waals surface area contributed by atoms with Crippen LogP contribution in [0.3, 0.4) is 0 Å². The van der Waals surface area contributed by atoms with E-state index in [1.807, 2.05) is 0 Å². The first kappa shape index (κ1) is 14.4. The third-order valence-corrected chi connectivity index (χ3v) is 2.66. The quantitative estimate of drug-likeness (QED) is 0.544. The van der Waals surface area contributed by atoms with E-state index in [9.17, 15) is 4.79 Å². The Labute approximate surface area is 102 Å². The largest absolute Gasteiger partial charge is 0.382 e. The molecule has 1 amide bonds. The maximum absolute atomic E-state index is 11.7. The first-order valence-electron chi connectivity index (χ1n) is 5.93. The molecule has 1 rings (SSSR count). The number of methoxy groups -OCH3 is 1. The Hall–Kier alpha value is -0.690. The van der Waals surface area contributed by atoms with Crippen molar-refractivity contribution in [1.82, 2.24) is 5.32 Å². The molecular weight excluding hydrogens is 224 g/mol. The lowest BCUT2D eigenvalue weighted by molar-refractivity contribution is -0.125. The summed E-state index contributed by atoms with van der Waals surface area (Å²) < 4.78 is 15.3. The van der Waals surface area contributed by atoms with Crippen LogP contribution >= 0.6 is 0 Å². The first-order chi connectivity index (χ1) is 8.25. The standard InChI is InChI=1S/C11H22N2O4/c1-15-5-6-16-4-2-3-13-11(14)9-7-17-8-10(9)12/h9-10H,2-8,12H2,1H3,(H,13,14). The van der Waals surface area contributed by atoms with Crippen molar-refractivity contribution in [2.45, 2.75) is 12.5 Å². The zero-order valence-corrected chi connectivity index (χ0v) is 10.3. The summed E-state index contributed by atoms with van der Waals surface area (Å²) in [7, 11) is 1.64. The van der Waals surface area contributed by atoms with Gasteiger partial charge in [0.1, 0.15) is 0 Å². The highest BCUT2D eigenvalue weighted by molar-refractivity contribution is 5.79. The van der Waals surface area contributed by atoms with Crippen LogP contribution in [0.5, 0.6) is 0 Å². The molecule has 0 saturated carbocycles. The van der Waals surface area contributed by atoms with Crippen molar-refractivity contribution in [1.29, 1.82) is 0 Å². The number of hydrogen-bond acceptors (Lipinski definition) is 5. The fourth-order valence-corrected chi connectivity index (χ4v) is 1.60. The highest BCUT2D eigenvalue weighted by Crippen LogP contribution is 2.11. The molecule has 0 aliphatic carbocycles. The zero-order chi connectivity index (χ0) is 12.5. The predicted octanol–water partition coefficient (Wildman–Crippen LogP) is -0.871. The maximum Gasteiger partial charge on any atom is 0.227 e. The predicted molar refractivity (Wildman–Crippen MR) is 62.6 cm³/mol. The highest BCUT2D eigenvalue weighted by Gasteiger charge is 2.30. The van der Waals surface area contributed by atoms with Gasteiger partial charge in [0.05, 0.1) is 32.3 Å². The second-order valence-electron chi connectivity index (χ2n) is 4.06.